The number of ether oxygens (including phenoxy) is 2. The van der Waals surface area contributed by atoms with Crippen molar-refractivity contribution in [3.8, 4) is 17.2 Å². The normalized spacial score (nSPS) is 14.8. The van der Waals surface area contributed by atoms with Gasteiger partial charge in [-0.2, -0.15) is 13.2 Å². The van der Waals surface area contributed by atoms with Gasteiger partial charge in [0.05, 0.1) is 11.0 Å². The Morgan fingerprint density at radius 3 is 2.30 bits per heavy atom. The topological polar surface area (TPSA) is 55.8 Å². The number of hydrogen-bond acceptors (Lipinski definition) is 3. The van der Waals surface area contributed by atoms with E-state index in [1.54, 1.807) is 60.7 Å². The number of halogens is 3. The van der Waals surface area contributed by atoms with E-state index in [2.05, 4.69) is 0 Å². The Balaban J connectivity index is 1.40. The third-order valence-corrected chi connectivity index (χ3v) is 5.51. The molecule has 0 unspecified atom stereocenters. The first-order valence-corrected chi connectivity index (χ1v) is 10.4. The lowest BCUT2D eigenvalue weighted by Crippen LogP contribution is -2.19. The average molecular weight is 454 g/mol. The molecule has 33 heavy (non-hydrogen) atoms. The van der Waals surface area contributed by atoms with Crippen molar-refractivity contribution in [2.45, 2.75) is 24.4 Å². The molecule has 0 atom stereocenters. The second-order valence-electron chi connectivity index (χ2n) is 7.80. The molecule has 0 aromatic heterocycles. The van der Waals surface area contributed by atoms with Crippen molar-refractivity contribution in [3.63, 3.8) is 0 Å². The Hall–Kier alpha value is -3.74. The van der Waals surface area contributed by atoms with E-state index in [4.69, 9.17) is 9.47 Å². The van der Waals surface area contributed by atoms with Gasteiger partial charge in [0.25, 0.3) is 0 Å². The van der Waals surface area contributed by atoms with Crippen LogP contribution >= 0.6 is 0 Å². The van der Waals surface area contributed by atoms with Crippen molar-refractivity contribution in [2.75, 3.05) is 6.61 Å². The Morgan fingerprint density at radius 2 is 1.67 bits per heavy atom. The molecule has 0 heterocycles. The van der Waals surface area contributed by atoms with E-state index in [1.807, 2.05) is 0 Å². The number of para-hydroxylation sites is 2. The third-order valence-electron chi connectivity index (χ3n) is 5.51. The van der Waals surface area contributed by atoms with E-state index in [0.717, 1.165) is 12.1 Å². The minimum atomic E-state index is -4.36. The third kappa shape index (κ3) is 5.19. The summed E-state index contributed by atoms with van der Waals surface area (Å²) < 4.78 is 49.7. The Bertz CT molecular complexity index is 1160. The number of benzene rings is 3. The first-order chi connectivity index (χ1) is 15.8. The monoisotopic (exact) mass is 454 g/mol. The first-order valence-electron chi connectivity index (χ1n) is 10.4. The SMILES string of the molecule is O=C(O)C1(c2cccc(Oc3ccccc3OCC=Cc3ccc(C(F)(F)F)cc3)c2)CC1. The molecule has 1 fully saturated rings. The number of alkyl halides is 3. The molecule has 0 saturated heterocycles. The maximum Gasteiger partial charge on any atom is 0.416 e. The summed E-state index contributed by atoms with van der Waals surface area (Å²) in [7, 11) is 0. The maximum atomic E-state index is 12.7. The van der Waals surface area contributed by atoms with E-state index in [1.165, 1.54) is 12.1 Å². The Labute approximate surface area is 188 Å². The molecule has 1 N–H and O–H groups in total. The smallest absolute Gasteiger partial charge is 0.416 e. The summed E-state index contributed by atoms with van der Waals surface area (Å²) in [6.07, 6.45) is 0.229. The van der Waals surface area contributed by atoms with Gasteiger partial charge in [-0.25, -0.2) is 0 Å². The molecular formula is C26H21F3O4. The van der Waals surface area contributed by atoms with Crippen molar-refractivity contribution >= 4 is 12.0 Å². The second-order valence-corrected chi connectivity index (χ2v) is 7.80. The predicted octanol–water partition coefficient (Wildman–Crippen LogP) is 6.71. The molecule has 0 bridgehead atoms. The standard InChI is InChI=1S/C26H21F3O4/c27-26(28,29)19-12-10-18(11-13-19)5-4-16-32-22-8-1-2-9-23(22)33-21-7-3-6-20(17-21)25(14-15-25)24(30)31/h1-13,17H,14-16H2,(H,30,31). The fourth-order valence-corrected chi connectivity index (χ4v) is 3.49. The average Bonchev–Trinajstić information content (AvgIpc) is 3.60. The minimum absolute atomic E-state index is 0.184. The van der Waals surface area contributed by atoms with Crippen LogP contribution in [-0.2, 0) is 16.4 Å². The summed E-state index contributed by atoms with van der Waals surface area (Å²) in [5.41, 5.74) is -0.175. The molecule has 4 nitrogen and oxygen atoms in total. The first kappa shape index (κ1) is 22.5. The highest BCUT2D eigenvalue weighted by Crippen LogP contribution is 2.49. The Morgan fingerprint density at radius 1 is 0.970 bits per heavy atom. The number of carboxylic acid groups (broad SMARTS) is 1. The van der Waals surface area contributed by atoms with Crippen LogP contribution in [0.3, 0.4) is 0 Å². The highest BCUT2D eigenvalue weighted by atomic mass is 19.4. The summed E-state index contributed by atoms with van der Waals surface area (Å²) in [6.45, 7) is 0.184. The molecule has 3 aromatic rings. The van der Waals surface area contributed by atoms with Crippen LogP contribution in [0.2, 0.25) is 0 Å². The molecule has 4 rings (SSSR count). The van der Waals surface area contributed by atoms with E-state index in [0.29, 0.717) is 41.2 Å². The van der Waals surface area contributed by atoms with Crippen LogP contribution < -0.4 is 9.47 Å². The zero-order valence-corrected chi connectivity index (χ0v) is 17.5. The van der Waals surface area contributed by atoms with Crippen LogP contribution in [0.4, 0.5) is 13.2 Å². The van der Waals surface area contributed by atoms with Crippen LogP contribution in [-0.4, -0.2) is 17.7 Å². The van der Waals surface area contributed by atoms with Crippen LogP contribution in [0.5, 0.6) is 17.2 Å². The molecular weight excluding hydrogens is 433 g/mol. The number of aliphatic carboxylic acids is 1. The number of hydrogen-bond donors (Lipinski definition) is 1. The quantitative estimate of drug-likeness (QED) is 0.411. The molecule has 0 aliphatic heterocycles. The van der Waals surface area contributed by atoms with E-state index >= 15 is 0 Å². The second kappa shape index (κ2) is 9.02. The summed E-state index contributed by atoms with van der Waals surface area (Å²) >= 11 is 0. The van der Waals surface area contributed by atoms with Crippen molar-refractivity contribution < 1.29 is 32.5 Å². The molecule has 0 radical (unpaired) electrons. The molecule has 1 saturated carbocycles. The molecule has 1 aliphatic carbocycles. The lowest BCUT2D eigenvalue weighted by molar-refractivity contribution is -0.140. The van der Waals surface area contributed by atoms with Gasteiger partial charge in [-0.15, -0.1) is 0 Å². The number of carbonyl (C=O) groups is 1. The number of carboxylic acids is 1. The molecule has 3 aromatic carbocycles. The van der Waals surface area contributed by atoms with Gasteiger partial charge in [0, 0.05) is 0 Å². The summed E-state index contributed by atoms with van der Waals surface area (Å²) in [6, 6.07) is 19.0. The van der Waals surface area contributed by atoms with Gasteiger partial charge < -0.3 is 14.6 Å². The van der Waals surface area contributed by atoms with Crippen molar-refractivity contribution in [1.29, 1.82) is 0 Å². The highest BCUT2D eigenvalue weighted by Gasteiger charge is 2.51. The van der Waals surface area contributed by atoms with Crippen LogP contribution in [0.1, 0.15) is 29.5 Å². The van der Waals surface area contributed by atoms with E-state index < -0.39 is 23.1 Å². The molecule has 1 aliphatic rings. The molecule has 170 valence electrons. The van der Waals surface area contributed by atoms with Gasteiger partial charge in [0.2, 0.25) is 0 Å². The van der Waals surface area contributed by atoms with Crippen LogP contribution in [0, 0.1) is 0 Å². The highest BCUT2D eigenvalue weighted by molar-refractivity contribution is 5.85. The zero-order valence-electron chi connectivity index (χ0n) is 17.5. The Kier molecular flexibility index (Phi) is 6.14. The van der Waals surface area contributed by atoms with Crippen molar-refractivity contribution in [1.82, 2.24) is 0 Å². The predicted molar refractivity (Wildman–Crippen MR) is 117 cm³/mol. The van der Waals surface area contributed by atoms with Gasteiger partial charge in [-0.3, -0.25) is 4.79 Å². The van der Waals surface area contributed by atoms with E-state index in [-0.39, 0.29) is 6.61 Å². The van der Waals surface area contributed by atoms with Gasteiger partial charge in [0.1, 0.15) is 12.4 Å². The van der Waals surface area contributed by atoms with Crippen LogP contribution in [0.15, 0.2) is 78.9 Å². The fourth-order valence-electron chi connectivity index (χ4n) is 3.49. The molecule has 0 amide bonds. The van der Waals surface area contributed by atoms with Gasteiger partial charge in [-0.05, 0) is 66.4 Å². The van der Waals surface area contributed by atoms with Crippen LogP contribution in [0.25, 0.3) is 6.08 Å². The van der Waals surface area contributed by atoms with Crippen molar-refractivity contribution in [2.24, 2.45) is 0 Å². The summed E-state index contributed by atoms with van der Waals surface area (Å²) in [5, 5.41) is 9.52. The lowest BCUT2D eigenvalue weighted by Gasteiger charge is -2.14. The maximum absolute atomic E-state index is 12.7. The number of rotatable bonds is 8. The fraction of sp³-hybridized carbons (Fsp3) is 0.192. The zero-order chi connectivity index (χ0) is 23.5. The summed E-state index contributed by atoms with van der Waals surface area (Å²) in [5.74, 6) is 0.636. The van der Waals surface area contributed by atoms with Gasteiger partial charge in [-0.1, -0.05) is 42.5 Å². The summed E-state index contributed by atoms with van der Waals surface area (Å²) in [4.78, 5) is 11.6. The largest absolute Gasteiger partial charge is 0.486 e. The van der Waals surface area contributed by atoms with Crippen molar-refractivity contribution in [3.05, 3.63) is 95.6 Å². The van der Waals surface area contributed by atoms with E-state index in [9.17, 15) is 23.1 Å². The van der Waals surface area contributed by atoms with Gasteiger partial charge >= 0.3 is 12.1 Å². The van der Waals surface area contributed by atoms with Gasteiger partial charge in [0.15, 0.2) is 11.5 Å². The molecule has 0 spiro atoms. The molecule has 7 heteroatoms. The minimum Gasteiger partial charge on any atom is -0.486 e. The lowest BCUT2D eigenvalue weighted by atomic mass is 9.96.